The molecule has 1 saturated carbocycles. The second-order valence-electron chi connectivity index (χ2n) is 3.24. The van der Waals surface area contributed by atoms with E-state index in [0.717, 1.165) is 12.8 Å². The number of nitrogens with zero attached hydrogens (tertiary/aromatic N) is 1. The summed E-state index contributed by atoms with van der Waals surface area (Å²) in [7, 11) is 0. The molecule has 2 N–H and O–H groups in total. The predicted molar refractivity (Wildman–Crippen MR) is 48.1 cm³/mol. The minimum absolute atomic E-state index is 0.165. The molecular formula is C9H16N2O. The van der Waals surface area contributed by atoms with Crippen LogP contribution in [-0.4, -0.2) is 17.0 Å². The van der Waals surface area contributed by atoms with Crippen molar-refractivity contribution in [3.8, 4) is 0 Å². The quantitative estimate of drug-likeness (QED) is 0.291. The van der Waals surface area contributed by atoms with E-state index in [-0.39, 0.29) is 11.9 Å². The van der Waals surface area contributed by atoms with Gasteiger partial charge in [0.05, 0.1) is 0 Å². The molecule has 0 radical (unpaired) electrons. The van der Waals surface area contributed by atoms with Crippen LogP contribution < -0.4 is 5.84 Å². The highest BCUT2D eigenvalue weighted by Crippen LogP contribution is 2.20. The van der Waals surface area contributed by atoms with Crippen molar-refractivity contribution < 1.29 is 4.79 Å². The molecule has 0 bridgehead atoms. The smallest absolute Gasteiger partial charge is 0.260 e. The van der Waals surface area contributed by atoms with Crippen molar-refractivity contribution in [2.75, 3.05) is 0 Å². The third-order valence-electron chi connectivity index (χ3n) is 2.40. The Labute approximate surface area is 73.2 Å². The van der Waals surface area contributed by atoms with E-state index in [4.69, 9.17) is 5.84 Å². The van der Waals surface area contributed by atoms with Gasteiger partial charge in [0.2, 0.25) is 0 Å². The minimum Gasteiger partial charge on any atom is -0.274 e. The van der Waals surface area contributed by atoms with Crippen molar-refractivity contribution in [3.05, 3.63) is 12.7 Å². The Morgan fingerprint density at radius 1 is 1.42 bits per heavy atom. The molecule has 0 heterocycles. The zero-order valence-electron chi connectivity index (χ0n) is 7.33. The number of hydrazine groups is 1. The molecule has 1 fully saturated rings. The fourth-order valence-electron chi connectivity index (χ4n) is 1.64. The van der Waals surface area contributed by atoms with Crippen LogP contribution in [0.5, 0.6) is 0 Å². The van der Waals surface area contributed by atoms with Crippen LogP contribution in [0.4, 0.5) is 0 Å². The molecule has 1 rings (SSSR count). The zero-order chi connectivity index (χ0) is 8.97. The first-order valence-electron chi connectivity index (χ1n) is 4.46. The van der Waals surface area contributed by atoms with Crippen LogP contribution >= 0.6 is 0 Å². The molecule has 12 heavy (non-hydrogen) atoms. The maximum Gasteiger partial charge on any atom is 0.260 e. The second-order valence-corrected chi connectivity index (χ2v) is 3.24. The van der Waals surface area contributed by atoms with Crippen LogP contribution in [0, 0.1) is 0 Å². The van der Waals surface area contributed by atoms with Crippen molar-refractivity contribution in [3.63, 3.8) is 0 Å². The van der Waals surface area contributed by atoms with Gasteiger partial charge in [0.15, 0.2) is 0 Å². The Morgan fingerprint density at radius 3 is 2.50 bits per heavy atom. The Morgan fingerprint density at radius 2 is 2.00 bits per heavy atom. The van der Waals surface area contributed by atoms with E-state index in [1.165, 1.54) is 30.3 Å². The topological polar surface area (TPSA) is 46.3 Å². The summed E-state index contributed by atoms with van der Waals surface area (Å²) in [6.07, 6.45) is 6.99. The molecular weight excluding hydrogens is 152 g/mol. The second kappa shape index (κ2) is 4.26. The van der Waals surface area contributed by atoms with Gasteiger partial charge in [-0.2, -0.15) is 0 Å². The lowest BCUT2D eigenvalue weighted by atomic mass is 9.95. The van der Waals surface area contributed by atoms with Gasteiger partial charge < -0.3 is 0 Å². The molecule has 0 aromatic carbocycles. The fraction of sp³-hybridized carbons (Fsp3) is 0.667. The summed E-state index contributed by atoms with van der Waals surface area (Å²) in [5.41, 5.74) is 0. The number of carbonyl (C=O) groups is 1. The normalized spacial score (nSPS) is 18.8. The lowest BCUT2D eigenvalue weighted by Crippen LogP contribution is -2.45. The predicted octanol–water partition coefficient (Wildman–Crippen LogP) is 1.21. The van der Waals surface area contributed by atoms with Gasteiger partial charge in [0.1, 0.15) is 0 Å². The van der Waals surface area contributed by atoms with E-state index in [2.05, 4.69) is 6.58 Å². The maximum absolute atomic E-state index is 11.1. The molecule has 3 heteroatoms. The van der Waals surface area contributed by atoms with Gasteiger partial charge >= 0.3 is 0 Å². The zero-order valence-corrected chi connectivity index (χ0v) is 7.33. The number of hydrogen-bond donors (Lipinski definition) is 1. The van der Waals surface area contributed by atoms with Crippen molar-refractivity contribution in [2.24, 2.45) is 5.84 Å². The van der Waals surface area contributed by atoms with E-state index < -0.39 is 0 Å². The van der Waals surface area contributed by atoms with Crippen molar-refractivity contribution in [1.29, 1.82) is 0 Å². The summed E-state index contributed by atoms with van der Waals surface area (Å²) in [5, 5.41) is 1.33. The molecule has 0 atom stereocenters. The summed E-state index contributed by atoms with van der Waals surface area (Å²) in [6.45, 7) is 3.41. The summed E-state index contributed by atoms with van der Waals surface area (Å²) in [4.78, 5) is 11.1. The number of amides is 1. The molecule has 0 aromatic rings. The number of nitrogens with two attached hydrogens (primary N) is 1. The van der Waals surface area contributed by atoms with Gasteiger partial charge in [0, 0.05) is 6.04 Å². The summed E-state index contributed by atoms with van der Waals surface area (Å²) < 4.78 is 0. The van der Waals surface area contributed by atoms with Gasteiger partial charge in [0.25, 0.3) is 5.91 Å². The Kier molecular flexibility index (Phi) is 3.29. The van der Waals surface area contributed by atoms with Crippen molar-refractivity contribution in [1.82, 2.24) is 5.01 Å². The third-order valence-corrected chi connectivity index (χ3v) is 2.40. The van der Waals surface area contributed by atoms with Gasteiger partial charge in [-0.25, -0.2) is 5.84 Å². The molecule has 1 aliphatic rings. The highest BCUT2D eigenvalue weighted by Gasteiger charge is 2.20. The lowest BCUT2D eigenvalue weighted by Gasteiger charge is -2.29. The maximum atomic E-state index is 11.1. The van der Waals surface area contributed by atoms with E-state index in [9.17, 15) is 4.79 Å². The highest BCUT2D eigenvalue weighted by atomic mass is 16.2. The number of carbonyl (C=O) groups excluding carboxylic acids is 1. The molecule has 0 unspecified atom stereocenters. The third kappa shape index (κ3) is 2.08. The molecule has 0 aromatic heterocycles. The molecule has 0 spiro atoms. The van der Waals surface area contributed by atoms with Gasteiger partial charge in [-0.3, -0.25) is 9.80 Å². The molecule has 68 valence electrons. The van der Waals surface area contributed by atoms with Crippen LogP contribution in [0.15, 0.2) is 12.7 Å². The molecule has 3 nitrogen and oxygen atoms in total. The van der Waals surface area contributed by atoms with Crippen LogP contribution in [0.2, 0.25) is 0 Å². The first kappa shape index (κ1) is 9.26. The average molecular weight is 168 g/mol. The first-order chi connectivity index (χ1) is 5.75. The van der Waals surface area contributed by atoms with Gasteiger partial charge in [-0.1, -0.05) is 25.8 Å². The summed E-state index contributed by atoms with van der Waals surface area (Å²) >= 11 is 0. The Bertz CT molecular complexity index is 173. The molecule has 0 aliphatic heterocycles. The fourth-order valence-corrected chi connectivity index (χ4v) is 1.64. The molecule has 1 aliphatic carbocycles. The minimum atomic E-state index is -0.165. The van der Waals surface area contributed by atoms with Crippen LogP contribution in [0.1, 0.15) is 32.1 Å². The van der Waals surface area contributed by atoms with Crippen LogP contribution in [0.25, 0.3) is 0 Å². The van der Waals surface area contributed by atoms with Crippen molar-refractivity contribution >= 4 is 5.91 Å². The molecule has 1 amide bonds. The average Bonchev–Trinajstić information content (AvgIpc) is 2.17. The van der Waals surface area contributed by atoms with E-state index >= 15 is 0 Å². The number of hydrogen-bond acceptors (Lipinski definition) is 2. The van der Waals surface area contributed by atoms with E-state index in [1.54, 1.807) is 0 Å². The summed E-state index contributed by atoms with van der Waals surface area (Å²) in [5.74, 6) is 5.45. The monoisotopic (exact) mass is 168 g/mol. The highest BCUT2D eigenvalue weighted by molar-refractivity contribution is 5.86. The Balaban J connectivity index is 2.44. The lowest BCUT2D eigenvalue weighted by molar-refractivity contribution is -0.129. The Hall–Kier alpha value is -0.830. The van der Waals surface area contributed by atoms with E-state index in [0.29, 0.717) is 0 Å². The molecule has 0 saturated heterocycles. The van der Waals surface area contributed by atoms with Gasteiger partial charge in [-0.05, 0) is 18.9 Å². The van der Waals surface area contributed by atoms with Gasteiger partial charge in [-0.15, -0.1) is 0 Å². The first-order valence-corrected chi connectivity index (χ1v) is 4.46. The summed E-state index contributed by atoms with van der Waals surface area (Å²) in [6, 6.07) is 0.240. The standard InChI is InChI=1S/C9H16N2O/c1-2-9(12)11(10)8-6-4-3-5-7-8/h2,8H,1,3-7,10H2. The van der Waals surface area contributed by atoms with Crippen LogP contribution in [0.3, 0.4) is 0 Å². The SMILES string of the molecule is C=CC(=O)N(N)C1CCCCC1. The largest absolute Gasteiger partial charge is 0.274 e. The number of rotatable bonds is 2. The van der Waals surface area contributed by atoms with E-state index in [1.807, 2.05) is 0 Å². The van der Waals surface area contributed by atoms with Crippen molar-refractivity contribution in [2.45, 2.75) is 38.1 Å². The van der Waals surface area contributed by atoms with Crippen LogP contribution in [-0.2, 0) is 4.79 Å².